The van der Waals surface area contributed by atoms with Crippen molar-refractivity contribution in [1.29, 1.82) is 0 Å². The Bertz CT molecular complexity index is 726. The van der Waals surface area contributed by atoms with Crippen LogP contribution >= 0.6 is 11.6 Å². The largest absolute Gasteiger partial charge is 0.491 e. The second-order valence-electron chi connectivity index (χ2n) is 7.99. The van der Waals surface area contributed by atoms with Gasteiger partial charge in [0.15, 0.2) is 11.5 Å². The lowest BCUT2D eigenvalue weighted by atomic mass is 10.00. The fraction of sp³-hybridized carbons (Fsp3) is 0.591. The monoisotopic (exact) mass is 424 g/mol. The van der Waals surface area contributed by atoms with Gasteiger partial charge in [-0.2, -0.15) is 0 Å². The molecule has 0 aromatic heterocycles. The minimum atomic E-state index is -0.165. The quantitative estimate of drug-likeness (QED) is 0.644. The van der Waals surface area contributed by atoms with Crippen LogP contribution < -0.4 is 14.8 Å². The summed E-state index contributed by atoms with van der Waals surface area (Å²) >= 11 is 6.26. The summed E-state index contributed by atoms with van der Waals surface area (Å²) in [5.74, 6) is 0.891. The number of methoxy groups -OCH3 is 1. The summed E-state index contributed by atoms with van der Waals surface area (Å²) in [6.45, 7) is 13.1. The first-order chi connectivity index (χ1) is 13.7. The first kappa shape index (κ1) is 23.5. The zero-order valence-electron chi connectivity index (χ0n) is 18.3. The highest BCUT2D eigenvalue weighted by Crippen LogP contribution is 2.36. The Hall–Kier alpha value is -1.76. The summed E-state index contributed by atoms with van der Waals surface area (Å²) < 4.78 is 16.7. The van der Waals surface area contributed by atoms with Crippen LogP contribution in [0.15, 0.2) is 18.2 Å². The number of nitrogens with zero attached hydrogens (tertiary/aromatic N) is 1. The number of amides is 1. The second kappa shape index (κ2) is 10.3. The van der Waals surface area contributed by atoms with Gasteiger partial charge in [-0.25, -0.2) is 0 Å². The van der Waals surface area contributed by atoms with E-state index in [0.717, 1.165) is 18.7 Å². The third-order valence-electron chi connectivity index (χ3n) is 4.93. The maximum Gasteiger partial charge on any atom is 0.244 e. The average Bonchev–Trinajstić information content (AvgIpc) is 2.64. The van der Waals surface area contributed by atoms with Crippen molar-refractivity contribution in [3.8, 4) is 11.5 Å². The zero-order chi connectivity index (χ0) is 21.6. The molecular weight excluding hydrogens is 392 g/mol. The molecule has 0 saturated carbocycles. The molecule has 6 nitrogen and oxygen atoms in total. The predicted octanol–water partition coefficient (Wildman–Crippen LogP) is 3.76. The number of ether oxygens (including phenoxy) is 3. The molecule has 1 aromatic carbocycles. The van der Waals surface area contributed by atoms with Crippen LogP contribution in [-0.2, 0) is 9.53 Å². The van der Waals surface area contributed by atoms with Gasteiger partial charge in [0.25, 0.3) is 0 Å². The minimum Gasteiger partial charge on any atom is -0.491 e. The highest BCUT2D eigenvalue weighted by molar-refractivity contribution is 6.32. The third-order valence-corrected chi connectivity index (χ3v) is 5.21. The predicted molar refractivity (Wildman–Crippen MR) is 117 cm³/mol. The third kappa shape index (κ3) is 6.63. The van der Waals surface area contributed by atoms with E-state index in [1.807, 2.05) is 6.92 Å². The number of carbonyl (C=O) groups is 1. The van der Waals surface area contributed by atoms with E-state index in [0.29, 0.717) is 29.7 Å². The summed E-state index contributed by atoms with van der Waals surface area (Å²) in [7, 11) is 1.55. The van der Waals surface area contributed by atoms with Crippen LogP contribution in [0.2, 0.25) is 5.02 Å². The van der Waals surface area contributed by atoms with Crippen molar-refractivity contribution >= 4 is 23.6 Å². The SMILES string of the molecule is CCOc1cc(/C=C/C(=O)NCC(C)(C)N2CC(C)OC(C)C2)cc(Cl)c1OC. The number of benzene rings is 1. The average molecular weight is 425 g/mol. The molecule has 1 heterocycles. The van der Waals surface area contributed by atoms with E-state index >= 15 is 0 Å². The molecule has 0 aliphatic carbocycles. The Morgan fingerprint density at radius 3 is 2.59 bits per heavy atom. The van der Waals surface area contributed by atoms with Crippen molar-refractivity contribution in [2.24, 2.45) is 0 Å². The zero-order valence-corrected chi connectivity index (χ0v) is 19.0. The highest BCUT2D eigenvalue weighted by atomic mass is 35.5. The molecule has 0 radical (unpaired) electrons. The Kier molecular flexibility index (Phi) is 8.37. The van der Waals surface area contributed by atoms with Gasteiger partial charge in [0.05, 0.1) is 30.9 Å². The van der Waals surface area contributed by atoms with E-state index in [2.05, 4.69) is 37.9 Å². The molecule has 29 heavy (non-hydrogen) atoms. The van der Waals surface area contributed by atoms with Crippen molar-refractivity contribution in [3.63, 3.8) is 0 Å². The van der Waals surface area contributed by atoms with Crippen LogP contribution in [0.3, 0.4) is 0 Å². The number of rotatable bonds is 8. The fourth-order valence-corrected chi connectivity index (χ4v) is 3.76. The molecule has 2 unspecified atom stereocenters. The molecule has 1 aliphatic rings. The van der Waals surface area contributed by atoms with Crippen molar-refractivity contribution in [2.75, 3.05) is 33.4 Å². The Morgan fingerprint density at radius 2 is 2.00 bits per heavy atom. The van der Waals surface area contributed by atoms with Crippen LogP contribution in [0.1, 0.15) is 40.2 Å². The Labute approximate surface area is 179 Å². The summed E-state index contributed by atoms with van der Waals surface area (Å²) in [6, 6.07) is 3.55. The van der Waals surface area contributed by atoms with Gasteiger partial charge in [-0.1, -0.05) is 11.6 Å². The van der Waals surface area contributed by atoms with E-state index in [1.54, 1.807) is 25.3 Å². The number of nitrogens with one attached hydrogen (secondary N) is 1. The van der Waals surface area contributed by atoms with Crippen molar-refractivity contribution in [3.05, 3.63) is 28.8 Å². The van der Waals surface area contributed by atoms with Gasteiger partial charge >= 0.3 is 0 Å². The summed E-state index contributed by atoms with van der Waals surface area (Å²) in [6.07, 6.45) is 3.60. The number of carbonyl (C=O) groups excluding carboxylic acids is 1. The number of morpholine rings is 1. The molecule has 162 valence electrons. The molecule has 1 amide bonds. The van der Waals surface area contributed by atoms with Crippen LogP contribution in [-0.4, -0.2) is 61.9 Å². The minimum absolute atomic E-state index is 0.155. The standard InChI is InChI=1S/C22H33ClN2O4/c1-7-28-19-11-17(10-18(23)21(19)27-6)8-9-20(26)24-14-22(4,5)25-12-15(2)29-16(3)13-25/h8-11,15-16H,7,12-14H2,1-6H3,(H,24,26)/b9-8+. The lowest BCUT2D eigenvalue weighted by molar-refractivity contribution is -0.118. The van der Waals surface area contributed by atoms with Gasteiger partial charge < -0.3 is 19.5 Å². The van der Waals surface area contributed by atoms with Gasteiger partial charge in [0, 0.05) is 31.2 Å². The van der Waals surface area contributed by atoms with E-state index < -0.39 is 0 Å². The van der Waals surface area contributed by atoms with Gasteiger partial charge in [0.1, 0.15) is 0 Å². The summed E-state index contributed by atoms with van der Waals surface area (Å²) in [5.41, 5.74) is 0.603. The van der Waals surface area contributed by atoms with Crippen LogP contribution in [0.5, 0.6) is 11.5 Å². The molecule has 1 N–H and O–H groups in total. The van der Waals surface area contributed by atoms with Crippen molar-refractivity contribution in [2.45, 2.75) is 52.4 Å². The molecule has 2 atom stereocenters. The number of hydrogen-bond donors (Lipinski definition) is 1. The van der Waals surface area contributed by atoms with E-state index in [4.69, 9.17) is 25.8 Å². The molecule has 1 aliphatic heterocycles. The van der Waals surface area contributed by atoms with E-state index in [-0.39, 0.29) is 23.7 Å². The van der Waals surface area contributed by atoms with Gasteiger partial charge in [-0.15, -0.1) is 0 Å². The number of halogens is 1. The molecule has 1 saturated heterocycles. The highest BCUT2D eigenvalue weighted by Gasteiger charge is 2.33. The maximum absolute atomic E-state index is 12.4. The lowest BCUT2D eigenvalue weighted by Crippen LogP contribution is -2.58. The maximum atomic E-state index is 12.4. The molecule has 7 heteroatoms. The first-order valence-electron chi connectivity index (χ1n) is 10.0. The molecule has 0 spiro atoms. The van der Waals surface area contributed by atoms with Crippen LogP contribution in [0, 0.1) is 0 Å². The molecule has 0 bridgehead atoms. The fourth-order valence-electron chi connectivity index (χ4n) is 3.46. The van der Waals surface area contributed by atoms with Gasteiger partial charge in [-0.3, -0.25) is 9.69 Å². The molecular formula is C22H33ClN2O4. The molecule has 1 fully saturated rings. The Balaban J connectivity index is 1.99. The van der Waals surface area contributed by atoms with Gasteiger partial charge in [0.2, 0.25) is 5.91 Å². The summed E-state index contributed by atoms with van der Waals surface area (Å²) in [4.78, 5) is 14.7. The number of hydrogen-bond acceptors (Lipinski definition) is 5. The van der Waals surface area contributed by atoms with Crippen LogP contribution in [0.25, 0.3) is 6.08 Å². The van der Waals surface area contributed by atoms with E-state index in [9.17, 15) is 4.79 Å². The first-order valence-corrected chi connectivity index (χ1v) is 10.4. The van der Waals surface area contributed by atoms with Crippen molar-refractivity contribution < 1.29 is 19.0 Å². The molecule has 1 aromatic rings. The second-order valence-corrected chi connectivity index (χ2v) is 8.40. The normalized spacial score (nSPS) is 20.7. The Morgan fingerprint density at radius 1 is 1.34 bits per heavy atom. The van der Waals surface area contributed by atoms with E-state index in [1.165, 1.54) is 6.08 Å². The topological polar surface area (TPSA) is 60.0 Å². The molecule has 2 rings (SSSR count). The smallest absolute Gasteiger partial charge is 0.244 e. The summed E-state index contributed by atoms with van der Waals surface area (Å²) in [5, 5.41) is 3.44. The van der Waals surface area contributed by atoms with Gasteiger partial charge in [-0.05, 0) is 58.4 Å². The lowest BCUT2D eigenvalue weighted by Gasteiger charge is -2.45. The van der Waals surface area contributed by atoms with Crippen LogP contribution in [0.4, 0.5) is 0 Å². The van der Waals surface area contributed by atoms with Crippen molar-refractivity contribution in [1.82, 2.24) is 10.2 Å².